The number of aliphatic imine (C=N–C) groups is 1. The molecule has 0 saturated carbocycles. The van der Waals surface area contributed by atoms with E-state index in [4.69, 9.17) is 5.73 Å². The van der Waals surface area contributed by atoms with Crippen molar-refractivity contribution in [1.29, 1.82) is 0 Å². The average molecular weight is 183 g/mol. The fourth-order valence-corrected chi connectivity index (χ4v) is 1.13. The zero-order chi connectivity index (χ0) is 10.0. The highest BCUT2D eigenvalue weighted by Crippen LogP contribution is 2.09. The maximum atomic E-state index is 11.3. The van der Waals surface area contributed by atoms with E-state index in [0.29, 0.717) is 6.42 Å². The van der Waals surface area contributed by atoms with Gasteiger partial charge in [0.05, 0.1) is 6.04 Å². The molecule has 0 aliphatic carbocycles. The minimum atomic E-state index is -0.637. The summed E-state index contributed by atoms with van der Waals surface area (Å²) < 4.78 is 0. The van der Waals surface area contributed by atoms with Gasteiger partial charge in [0.1, 0.15) is 11.8 Å². The van der Waals surface area contributed by atoms with Crippen molar-refractivity contribution in [2.45, 2.75) is 26.3 Å². The van der Waals surface area contributed by atoms with E-state index in [1.165, 1.54) is 0 Å². The standard InChI is InChI=1S/C8H13N3O2/c1-3-5-7(12)10-6(4(2)9)11-8(5)13/h4-5H,3,9H2,1-2H3,(H,10,11,12,13). The Kier molecular flexibility index (Phi) is 2.77. The molecule has 2 unspecified atom stereocenters. The van der Waals surface area contributed by atoms with Gasteiger partial charge in [0, 0.05) is 0 Å². The van der Waals surface area contributed by atoms with Gasteiger partial charge in [-0.3, -0.25) is 9.59 Å². The molecule has 1 aliphatic rings. The first-order valence-electron chi connectivity index (χ1n) is 4.25. The molecule has 0 bridgehead atoms. The summed E-state index contributed by atoms with van der Waals surface area (Å²) in [6.45, 7) is 3.44. The van der Waals surface area contributed by atoms with Crippen molar-refractivity contribution in [2.75, 3.05) is 0 Å². The van der Waals surface area contributed by atoms with Gasteiger partial charge >= 0.3 is 0 Å². The van der Waals surface area contributed by atoms with Crippen molar-refractivity contribution in [3.8, 4) is 0 Å². The molecule has 0 saturated heterocycles. The second-order valence-corrected chi connectivity index (χ2v) is 3.07. The van der Waals surface area contributed by atoms with Crippen LogP contribution in [0.4, 0.5) is 0 Å². The van der Waals surface area contributed by atoms with Crippen LogP contribution >= 0.6 is 0 Å². The van der Waals surface area contributed by atoms with Crippen LogP contribution in [0.5, 0.6) is 0 Å². The number of carbonyl (C=O) groups is 2. The summed E-state index contributed by atoms with van der Waals surface area (Å²) in [6, 6.07) is -0.411. The molecule has 1 rings (SSSR count). The first kappa shape index (κ1) is 9.85. The summed E-state index contributed by atoms with van der Waals surface area (Å²) in [6.07, 6.45) is 0.473. The second kappa shape index (κ2) is 3.66. The Balaban J connectivity index is 2.88. The van der Waals surface area contributed by atoms with Crippen LogP contribution < -0.4 is 11.1 Å². The van der Waals surface area contributed by atoms with Gasteiger partial charge < -0.3 is 11.1 Å². The third-order valence-corrected chi connectivity index (χ3v) is 1.94. The number of rotatable bonds is 2. The van der Waals surface area contributed by atoms with Crippen molar-refractivity contribution >= 4 is 17.6 Å². The molecule has 0 fully saturated rings. The molecule has 0 spiro atoms. The molecular formula is C8H13N3O2. The number of amides is 2. The van der Waals surface area contributed by atoms with Crippen molar-refractivity contribution in [3.63, 3.8) is 0 Å². The van der Waals surface area contributed by atoms with Crippen LogP contribution in [0.15, 0.2) is 4.99 Å². The normalized spacial score (nSPS) is 25.2. The first-order chi connectivity index (χ1) is 6.06. The summed E-state index contributed by atoms with van der Waals surface area (Å²) >= 11 is 0. The molecule has 2 amide bonds. The minimum Gasteiger partial charge on any atom is -0.322 e. The van der Waals surface area contributed by atoms with E-state index in [0.717, 1.165) is 0 Å². The summed E-state index contributed by atoms with van der Waals surface area (Å²) in [5.74, 6) is -1.06. The Bertz CT molecular complexity index is 271. The topological polar surface area (TPSA) is 84.6 Å². The number of carbonyl (C=O) groups excluding carboxylic acids is 2. The minimum absolute atomic E-state index is 0.264. The van der Waals surface area contributed by atoms with Crippen LogP contribution in [-0.2, 0) is 9.59 Å². The Morgan fingerprint density at radius 1 is 1.62 bits per heavy atom. The van der Waals surface area contributed by atoms with Crippen LogP contribution in [0.1, 0.15) is 20.3 Å². The molecule has 1 aliphatic heterocycles. The second-order valence-electron chi connectivity index (χ2n) is 3.07. The maximum absolute atomic E-state index is 11.3. The van der Waals surface area contributed by atoms with E-state index in [1.54, 1.807) is 13.8 Å². The van der Waals surface area contributed by atoms with E-state index in [1.807, 2.05) is 0 Å². The summed E-state index contributed by atoms with van der Waals surface area (Å²) in [4.78, 5) is 26.2. The Hall–Kier alpha value is -1.23. The van der Waals surface area contributed by atoms with E-state index in [9.17, 15) is 9.59 Å². The first-order valence-corrected chi connectivity index (χ1v) is 4.25. The lowest BCUT2D eigenvalue weighted by Crippen LogP contribution is -2.49. The average Bonchev–Trinajstić information content (AvgIpc) is 2.03. The van der Waals surface area contributed by atoms with E-state index < -0.39 is 17.9 Å². The van der Waals surface area contributed by atoms with Crippen LogP contribution in [0.3, 0.4) is 0 Å². The van der Waals surface area contributed by atoms with E-state index in [2.05, 4.69) is 10.3 Å². The summed E-state index contributed by atoms with van der Waals surface area (Å²) in [7, 11) is 0. The lowest BCUT2D eigenvalue weighted by molar-refractivity contribution is -0.133. The highest BCUT2D eigenvalue weighted by atomic mass is 16.2. The zero-order valence-corrected chi connectivity index (χ0v) is 7.70. The predicted molar refractivity (Wildman–Crippen MR) is 48.0 cm³/mol. The number of nitrogens with zero attached hydrogens (tertiary/aromatic N) is 1. The summed E-state index contributed by atoms with van der Waals surface area (Å²) in [5, 5.41) is 2.51. The van der Waals surface area contributed by atoms with Gasteiger partial charge in [-0.2, -0.15) is 4.99 Å². The van der Waals surface area contributed by atoms with Crippen LogP contribution in [0.2, 0.25) is 0 Å². The third-order valence-electron chi connectivity index (χ3n) is 1.94. The molecule has 1 heterocycles. The number of nitrogens with two attached hydrogens (primary N) is 1. The highest BCUT2D eigenvalue weighted by molar-refractivity contribution is 6.16. The quantitative estimate of drug-likeness (QED) is 0.561. The molecule has 72 valence electrons. The van der Waals surface area contributed by atoms with Gasteiger partial charge in [0.2, 0.25) is 5.91 Å². The summed E-state index contributed by atoms with van der Waals surface area (Å²) in [5.41, 5.74) is 5.48. The maximum Gasteiger partial charge on any atom is 0.259 e. The molecule has 0 aromatic rings. The van der Waals surface area contributed by atoms with E-state index >= 15 is 0 Å². The van der Waals surface area contributed by atoms with Crippen molar-refractivity contribution in [1.82, 2.24) is 5.32 Å². The highest BCUT2D eigenvalue weighted by Gasteiger charge is 2.30. The van der Waals surface area contributed by atoms with Gasteiger partial charge in [0.25, 0.3) is 5.91 Å². The fraction of sp³-hybridized carbons (Fsp3) is 0.625. The molecule has 5 heteroatoms. The predicted octanol–water partition coefficient (Wildman–Crippen LogP) is -0.585. The van der Waals surface area contributed by atoms with Gasteiger partial charge in [-0.15, -0.1) is 0 Å². The lowest BCUT2D eigenvalue weighted by atomic mass is 10.0. The molecule has 3 N–H and O–H groups in total. The third kappa shape index (κ3) is 1.92. The molecule has 2 atom stereocenters. The molecule has 13 heavy (non-hydrogen) atoms. The van der Waals surface area contributed by atoms with Gasteiger partial charge in [-0.25, -0.2) is 0 Å². The van der Waals surface area contributed by atoms with Gasteiger partial charge in [-0.05, 0) is 13.3 Å². The van der Waals surface area contributed by atoms with Crippen LogP contribution in [0.25, 0.3) is 0 Å². The Morgan fingerprint density at radius 3 is 2.62 bits per heavy atom. The largest absolute Gasteiger partial charge is 0.322 e. The van der Waals surface area contributed by atoms with Gasteiger partial charge in [-0.1, -0.05) is 6.92 Å². The molecule has 5 nitrogen and oxygen atoms in total. The number of hydrogen-bond donors (Lipinski definition) is 2. The molecule has 0 aromatic heterocycles. The Morgan fingerprint density at radius 2 is 2.23 bits per heavy atom. The van der Waals surface area contributed by atoms with Gasteiger partial charge in [0.15, 0.2) is 0 Å². The zero-order valence-electron chi connectivity index (χ0n) is 7.70. The smallest absolute Gasteiger partial charge is 0.259 e. The van der Waals surface area contributed by atoms with Crippen molar-refractivity contribution < 1.29 is 9.59 Å². The van der Waals surface area contributed by atoms with Crippen molar-refractivity contribution in [3.05, 3.63) is 0 Å². The Labute approximate surface area is 76.4 Å². The van der Waals surface area contributed by atoms with Crippen LogP contribution in [-0.4, -0.2) is 23.7 Å². The fourth-order valence-electron chi connectivity index (χ4n) is 1.13. The van der Waals surface area contributed by atoms with Crippen LogP contribution in [0, 0.1) is 5.92 Å². The molecular weight excluding hydrogens is 170 g/mol. The monoisotopic (exact) mass is 183 g/mol. The SMILES string of the molecule is CCC1C(=O)N=C(C(C)N)NC1=O. The molecule has 0 aromatic carbocycles. The number of hydrogen-bond acceptors (Lipinski definition) is 3. The van der Waals surface area contributed by atoms with Crippen molar-refractivity contribution in [2.24, 2.45) is 16.6 Å². The van der Waals surface area contributed by atoms with E-state index in [-0.39, 0.29) is 11.7 Å². The lowest BCUT2D eigenvalue weighted by Gasteiger charge is -2.20. The number of nitrogens with one attached hydrogen (secondary N) is 1. The molecule has 0 radical (unpaired) electrons. The number of amidine groups is 1.